The molecule has 2 aromatic rings. The van der Waals surface area contributed by atoms with Crippen LogP contribution in [0, 0.1) is 0 Å². The van der Waals surface area contributed by atoms with Crippen LogP contribution in [0.1, 0.15) is 30.5 Å². The molecule has 1 N–H and O–H groups in total. The lowest BCUT2D eigenvalue weighted by Gasteiger charge is -2.37. The summed E-state index contributed by atoms with van der Waals surface area (Å²) in [7, 11) is -3.36. The van der Waals surface area contributed by atoms with Gasteiger partial charge in [-0.1, -0.05) is 24.6 Å². The van der Waals surface area contributed by atoms with Gasteiger partial charge in [-0.3, -0.25) is 4.79 Å². The zero-order chi connectivity index (χ0) is 17.6. The quantitative estimate of drug-likeness (QED) is 0.887. The number of aromatic amines is 1. The second kappa shape index (κ2) is 6.14. The molecular formula is C18H23N3O3S. The Balaban J connectivity index is 1.61. The summed E-state index contributed by atoms with van der Waals surface area (Å²) in [6.45, 7) is 1.63. The van der Waals surface area contributed by atoms with Crippen LogP contribution in [0.25, 0.3) is 10.9 Å². The molecule has 0 saturated carbocycles. The van der Waals surface area contributed by atoms with E-state index in [4.69, 9.17) is 0 Å². The van der Waals surface area contributed by atoms with Crippen LogP contribution in [-0.4, -0.2) is 53.9 Å². The molecule has 1 saturated heterocycles. The highest BCUT2D eigenvalue weighted by atomic mass is 32.2. The van der Waals surface area contributed by atoms with Crippen molar-refractivity contribution >= 4 is 26.8 Å². The van der Waals surface area contributed by atoms with E-state index >= 15 is 0 Å². The third kappa shape index (κ3) is 2.95. The minimum Gasteiger partial charge on any atom is -0.358 e. The van der Waals surface area contributed by atoms with Gasteiger partial charge in [0.05, 0.1) is 6.26 Å². The number of nitrogens with zero attached hydrogens (tertiary/aromatic N) is 2. The van der Waals surface area contributed by atoms with Crippen molar-refractivity contribution in [1.82, 2.24) is 14.2 Å². The molecule has 0 bridgehead atoms. The number of hydrogen-bond acceptors (Lipinski definition) is 3. The average molecular weight is 361 g/mol. The Kier molecular flexibility index (Phi) is 4.08. The standard InChI is InChI=1S/C18H23N3O3S/c1-25(23,24)21-10-5-4-8-17(21)18(22)20-11-9-16-14(12-20)13-6-2-3-7-15(13)19-16/h2-3,6-7,17,19H,4-5,8-12H2,1H3. The smallest absolute Gasteiger partial charge is 0.241 e. The van der Waals surface area contributed by atoms with Crippen molar-refractivity contribution in [2.75, 3.05) is 19.3 Å². The Labute approximate surface area is 147 Å². The number of carbonyl (C=O) groups is 1. The Morgan fingerprint density at radius 1 is 1.20 bits per heavy atom. The van der Waals surface area contributed by atoms with E-state index in [1.807, 2.05) is 23.1 Å². The molecule has 1 unspecified atom stereocenters. The summed E-state index contributed by atoms with van der Waals surface area (Å²) in [5.41, 5.74) is 3.45. The molecule has 2 aliphatic rings. The summed E-state index contributed by atoms with van der Waals surface area (Å²) >= 11 is 0. The molecule has 134 valence electrons. The Morgan fingerprint density at radius 2 is 2.00 bits per heavy atom. The minimum absolute atomic E-state index is 0.0546. The monoisotopic (exact) mass is 361 g/mol. The fourth-order valence-electron chi connectivity index (χ4n) is 4.11. The summed E-state index contributed by atoms with van der Waals surface area (Å²) in [6.07, 6.45) is 4.31. The molecule has 2 aliphatic heterocycles. The van der Waals surface area contributed by atoms with Crippen molar-refractivity contribution in [2.24, 2.45) is 0 Å². The fourth-order valence-corrected chi connectivity index (χ4v) is 5.23. The number of rotatable bonds is 2. The number of fused-ring (bicyclic) bond motifs is 3. The van der Waals surface area contributed by atoms with Gasteiger partial charge in [0.2, 0.25) is 15.9 Å². The van der Waals surface area contributed by atoms with Crippen molar-refractivity contribution in [2.45, 2.75) is 38.3 Å². The summed E-state index contributed by atoms with van der Waals surface area (Å²) in [5, 5.41) is 1.15. The second-order valence-electron chi connectivity index (χ2n) is 7.02. The summed E-state index contributed by atoms with van der Waals surface area (Å²) < 4.78 is 25.5. The van der Waals surface area contributed by atoms with Crippen LogP contribution in [0.2, 0.25) is 0 Å². The lowest BCUT2D eigenvalue weighted by Crippen LogP contribution is -2.53. The summed E-state index contributed by atoms with van der Waals surface area (Å²) in [4.78, 5) is 18.4. The van der Waals surface area contributed by atoms with Crippen LogP contribution in [-0.2, 0) is 27.8 Å². The second-order valence-corrected chi connectivity index (χ2v) is 8.96. The molecule has 1 aromatic heterocycles. The molecular weight excluding hydrogens is 338 g/mol. The van der Waals surface area contributed by atoms with Gasteiger partial charge in [-0.25, -0.2) is 8.42 Å². The SMILES string of the molecule is CS(=O)(=O)N1CCCCC1C(=O)N1CCc2[nH]c3ccccc3c2C1. The number of sulfonamides is 1. The van der Waals surface area contributed by atoms with E-state index in [-0.39, 0.29) is 5.91 Å². The summed E-state index contributed by atoms with van der Waals surface area (Å²) in [6, 6.07) is 7.58. The van der Waals surface area contributed by atoms with Crippen molar-refractivity contribution < 1.29 is 13.2 Å². The molecule has 3 heterocycles. The number of hydrogen-bond donors (Lipinski definition) is 1. The van der Waals surface area contributed by atoms with Gasteiger partial charge in [-0.15, -0.1) is 0 Å². The molecule has 25 heavy (non-hydrogen) atoms. The van der Waals surface area contributed by atoms with Crippen LogP contribution >= 0.6 is 0 Å². The number of nitrogens with one attached hydrogen (secondary N) is 1. The predicted octanol–water partition coefficient (Wildman–Crippen LogP) is 1.87. The Hall–Kier alpha value is -1.86. The normalized spacial score (nSPS) is 22.1. The lowest BCUT2D eigenvalue weighted by atomic mass is 10.0. The van der Waals surface area contributed by atoms with Gasteiger partial charge in [-0.2, -0.15) is 4.31 Å². The first kappa shape index (κ1) is 16.6. The van der Waals surface area contributed by atoms with Gasteiger partial charge < -0.3 is 9.88 Å². The maximum atomic E-state index is 13.1. The number of aromatic nitrogens is 1. The molecule has 1 aromatic carbocycles. The van der Waals surface area contributed by atoms with Crippen LogP contribution in [0.5, 0.6) is 0 Å². The van der Waals surface area contributed by atoms with Gasteiger partial charge in [0, 0.05) is 48.2 Å². The molecule has 0 spiro atoms. The lowest BCUT2D eigenvalue weighted by molar-refractivity contribution is -0.137. The van der Waals surface area contributed by atoms with Crippen molar-refractivity contribution in [1.29, 1.82) is 0 Å². The van der Waals surface area contributed by atoms with Crippen molar-refractivity contribution in [3.63, 3.8) is 0 Å². The molecule has 1 fully saturated rings. The van der Waals surface area contributed by atoms with E-state index in [1.54, 1.807) is 0 Å². The zero-order valence-electron chi connectivity index (χ0n) is 14.4. The third-order valence-electron chi connectivity index (χ3n) is 5.36. The molecule has 6 nitrogen and oxygen atoms in total. The van der Waals surface area contributed by atoms with E-state index in [1.165, 1.54) is 16.3 Å². The maximum Gasteiger partial charge on any atom is 0.241 e. The minimum atomic E-state index is -3.36. The fraction of sp³-hybridized carbons (Fsp3) is 0.500. The maximum absolute atomic E-state index is 13.1. The molecule has 7 heteroatoms. The van der Waals surface area contributed by atoms with E-state index in [2.05, 4.69) is 11.1 Å². The molecule has 0 radical (unpaired) electrons. The number of carbonyl (C=O) groups excluding carboxylic acids is 1. The van der Waals surface area contributed by atoms with Gasteiger partial charge in [-0.05, 0) is 18.9 Å². The van der Waals surface area contributed by atoms with E-state index in [9.17, 15) is 13.2 Å². The van der Waals surface area contributed by atoms with E-state index in [0.717, 1.165) is 35.7 Å². The van der Waals surface area contributed by atoms with Crippen LogP contribution in [0.3, 0.4) is 0 Å². The number of amides is 1. The molecule has 1 amide bonds. The highest BCUT2D eigenvalue weighted by Crippen LogP contribution is 2.29. The van der Waals surface area contributed by atoms with Crippen LogP contribution in [0.15, 0.2) is 24.3 Å². The average Bonchev–Trinajstić information content (AvgIpc) is 2.98. The number of para-hydroxylation sites is 1. The van der Waals surface area contributed by atoms with Gasteiger partial charge in [0.1, 0.15) is 6.04 Å². The highest BCUT2D eigenvalue weighted by Gasteiger charge is 2.37. The number of piperidine rings is 1. The Morgan fingerprint density at radius 3 is 2.80 bits per heavy atom. The topological polar surface area (TPSA) is 73.5 Å². The Bertz CT molecular complexity index is 919. The molecule has 1 atom stereocenters. The number of H-pyrrole nitrogens is 1. The number of benzene rings is 1. The molecule has 0 aliphatic carbocycles. The summed E-state index contributed by atoms with van der Waals surface area (Å²) in [5.74, 6) is -0.0546. The van der Waals surface area contributed by atoms with Crippen LogP contribution < -0.4 is 0 Å². The first-order valence-corrected chi connectivity index (χ1v) is 10.6. The van der Waals surface area contributed by atoms with Gasteiger partial charge >= 0.3 is 0 Å². The van der Waals surface area contributed by atoms with E-state index in [0.29, 0.717) is 26.1 Å². The first-order valence-electron chi connectivity index (χ1n) is 8.79. The van der Waals surface area contributed by atoms with Crippen molar-refractivity contribution in [3.05, 3.63) is 35.5 Å². The van der Waals surface area contributed by atoms with Crippen molar-refractivity contribution in [3.8, 4) is 0 Å². The largest absolute Gasteiger partial charge is 0.358 e. The first-order chi connectivity index (χ1) is 11.9. The third-order valence-corrected chi connectivity index (χ3v) is 6.65. The van der Waals surface area contributed by atoms with Gasteiger partial charge in [0.15, 0.2) is 0 Å². The molecule has 4 rings (SSSR count). The predicted molar refractivity (Wildman–Crippen MR) is 96.6 cm³/mol. The van der Waals surface area contributed by atoms with Crippen LogP contribution in [0.4, 0.5) is 0 Å². The highest BCUT2D eigenvalue weighted by molar-refractivity contribution is 7.88. The van der Waals surface area contributed by atoms with E-state index < -0.39 is 16.1 Å². The zero-order valence-corrected chi connectivity index (χ0v) is 15.2. The van der Waals surface area contributed by atoms with Gasteiger partial charge in [0.25, 0.3) is 0 Å².